The van der Waals surface area contributed by atoms with Crippen LogP contribution in [0.4, 0.5) is 0 Å². The van der Waals surface area contributed by atoms with E-state index in [1.54, 1.807) is 0 Å². The SMILES string of the molecule is CCCNCC(=O)NC(C)c1ncn[nH]1. The average Bonchev–Trinajstić information content (AvgIpc) is 2.70. The Bertz CT molecular complexity index is 285. The van der Waals surface area contributed by atoms with Gasteiger partial charge in [-0.15, -0.1) is 0 Å². The lowest BCUT2D eigenvalue weighted by Crippen LogP contribution is -2.36. The van der Waals surface area contributed by atoms with Crippen molar-refractivity contribution in [1.29, 1.82) is 0 Å². The average molecular weight is 211 g/mol. The van der Waals surface area contributed by atoms with Gasteiger partial charge in [0.15, 0.2) is 0 Å². The monoisotopic (exact) mass is 211 g/mol. The minimum atomic E-state index is -0.136. The second-order valence-electron chi connectivity index (χ2n) is 3.34. The van der Waals surface area contributed by atoms with E-state index in [4.69, 9.17) is 0 Å². The largest absolute Gasteiger partial charge is 0.345 e. The van der Waals surface area contributed by atoms with Crippen LogP contribution in [0.5, 0.6) is 0 Å². The molecular weight excluding hydrogens is 194 g/mol. The molecule has 0 aliphatic rings. The number of carbonyl (C=O) groups is 1. The zero-order valence-corrected chi connectivity index (χ0v) is 9.08. The van der Waals surface area contributed by atoms with E-state index in [9.17, 15) is 4.79 Å². The fourth-order valence-electron chi connectivity index (χ4n) is 1.16. The molecule has 0 fully saturated rings. The number of rotatable bonds is 6. The molecule has 1 aromatic rings. The van der Waals surface area contributed by atoms with Gasteiger partial charge in [-0.1, -0.05) is 6.92 Å². The molecule has 0 saturated heterocycles. The number of aromatic amines is 1. The molecule has 15 heavy (non-hydrogen) atoms. The fraction of sp³-hybridized carbons (Fsp3) is 0.667. The van der Waals surface area contributed by atoms with E-state index in [0.29, 0.717) is 12.4 Å². The topological polar surface area (TPSA) is 82.7 Å². The van der Waals surface area contributed by atoms with Crippen LogP contribution in [-0.4, -0.2) is 34.2 Å². The van der Waals surface area contributed by atoms with Gasteiger partial charge in [0.1, 0.15) is 12.2 Å². The summed E-state index contributed by atoms with van der Waals surface area (Å²) in [5, 5.41) is 12.3. The highest BCUT2D eigenvalue weighted by Crippen LogP contribution is 2.02. The van der Waals surface area contributed by atoms with Crippen molar-refractivity contribution < 1.29 is 4.79 Å². The molecule has 0 aromatic carbocycles. The van der Waals surface area contributed by atoms with E-state index in [1.807, 2.05) is 6.92 Å². The van der Waals surface area contributed by atoms with Crippen LogP contribution in [0.15, 0.2) is 6.33 Å². The van der Waals surface area contributed by atoms with E-state index in [1.165, 1.54) is 6.33 Å². The Morgan fingerprint density at radius 2 is 2.47 bits per heavy atom. The van der Waals surface area contributed by atoms with Crippen LogP contribution in [0.2, 0.25) is 0 Å². The lowest BCUT2D eigenvalue weighted by molar-refractivity contribution is -0.120. The molecule has 1 aromatic heterocycles. The number of nitrogens with zero attached hydrogens (tertiary/aromatic N) is 2. The van der Waals surface area contributed by atoms with Crippen molar-refractivity contribution in [3.63, 3.8) is 0 Å². The summed E-state index contributed by atoms with van der Waals surface area (Å²) in [7, 11) is 0. The second kappa shape index (κ2) is 6.13. The lowest BCUT2D eigenvalue weighted by atomic mass is 10.3. The summed E-state index contributed by atoms with van der Waals surface area (Å²) < 4.78 is 0. The fourth-order valence-corrected chi connectivity index (χ4v) is 1.16. The number of H-pyrrole nitrogens is 1. The number of nitrogens with one attached hydrogen (secondary N) is 3. The maximum Gasteiger partial charge on any atom is 0.234 e. The van der Waals surface area contributed by atoms with Crippen molar-refractivity contribution in [1.82, 2.24) is 25.8 Å². The number of hydrogen-bond donors (Lipinski definition) is 3. The van der Waals surface area contributed by atoms with Crippen LogP contribution in [0.3, 0.4) is 0 Å². The van der Waals surface area contributed by atoms with Gasteiger partial charge in [-0.2, -0.15) is 5.10 Å². The van der Waals surface area contributed by atoms with Gasteiger partial charge in [0, 0.05) is 0 Å². The quantitative estimate of drug-likeness (QED) is 0.578. The van der Waals surface area contributed by atoms with Crippen molar-refractivity contribution in [2.45, 2.75) is 26.3 Å². The van der Waals surface area contributed by atoms with Crippen LogP contribution in [0, 0.1) is 0 Å². The Labute approximate surface area is 88.9 Å². The minimum absolute atomic E-state index is 0.0349. The highest BCUT2D eigenvalue weighted by atomic mass is 16.1. The van der Waals surface area contributed by atoms with E-state index in [2.05, 4.69) is 32.7 Å². The number of hydrogen-bond acceptors (Lipinski definition) is 4. The molecule has 0 spiro atoms. The zero-order valence-electron chi connectivity index (χ0n) is 9.08. The number of aromatic nitrogens is 3. The minimum Gasteiger partial charge on any atom is -0.345 e. The van der Waals surface area contributed by atoms with Gasteiger partial charge in [-0.05, 0) is 19.9 Å². The molecule has 6 heteroatoms. The van der Waals surface area contributed by atoms with Gasteiger partial charge in [0.05, 0.1) is 12.6 Å². The second-order valence-corrected chi connectivity index (χ2v) is 3.34. The summed E-state index contributed by atoms with van der Waals surface area (Å²) in [6, 6.07) is -0.136. The van der Waals surface area contributed by atoms with Crippen molar-refractivity contribution in [2.24, 2.45) is 0 Å². The normalized spacial score (nSPS) is 12.4. The van der Waals surface area contributed by atoms with Crippen LogP contribution in [0.25, 0.3) is 0 Å². The molecule has 1 heterocycles. The Hall–Kier alpha value is -1.43. The third-order valence-electron chi connectivity index (χ3n) is 1.93. The summed E-state index contributed by atoms with van der Waals surface area (Å²) in [4.78, 5) is 15.4. The Morgan fingerprint density at radius 3 is 3.07 bits per heavy atom. The van der Waals surface area contributed by atoms with E-state index in [-0.39, 0.29) is 11.9 Å². The molecule has 0 aliphatic carbocycles. The number of amides is 1. The van der Waals surface area contributed by atoms with Gasteiger partial charge in [0.2, 0.25) is 5.91 Å². The first kappa shape index (κ1) is 11.6. The molecule has 1 rings (SSSR count). The van der Waals surface area contributed by atoms with Crippen LogP contribution >= 0.6 is 0 Å². The maximum absolute atomic E-state index is 11.4. The summed E-state index contributed by atoms with van der Waals surface area (Å²) in [5.41, 5.74) is 0. The smallest absolute Gasteiger partial charge is 0.234 e. The molecule has 0 aliphatic heterocycles. The molecule has 6 nitrogen and oxygen atoms in total. The van der Waals surface area contributed by atoms with Crippen molar-refractivity contribution in [3.8, 4) is 0 Å². The number of carbonyl (C=O) groups excluding carboxylic acids is 1. The molecule has 0 saturated carbocycles. The summed E-state index contributed by atoms with van der Waals surface area (Å²) in [6.07, 6.45) is 2.44. The van der Waals surface area contributed by atoms with Crippen LogP contribution in [0.1, 0.15) is 32.1 Å². The van der Waals surface area contributed by atoms with E-state index >= 15 is 0 Å². The van der Waals surface area contributed by atoms with E-state index < -0.39 is 0 Å². The predicted molar refractivity (Wildman–Crippen MR) is 56.1 cm³/mol. The maximum atomic E-state index is 11.4. The molecule has 1 amide bonds. The Kier molecular flexibility index (Phi) is 4.76. The van der Waals surface area contributed by atoms with Gasteiger partial charge >= 0.3 is 0 Å². The molecular formula is C9H17N5O. The van der Waals surface area contributed by atoms with Crippen LogP contribution < -0.4 is 10.6 Å². The summed E-state index contributed by atoms with van der Waals surface area (Å²) in [5.74, 6) is 0.631. The third kappa shape index (κ3) is 4.07. The molecule has 3 N–H and O–H groups in total. The van der Waals surface area contributed by atoms with Gasteiger partial charge < -0.3 is 10.6 Å². The third-order valence-corrected chi connectivity index (χ3v) is 1.93. The first-order chi connectivity index (χ1) is 7.24. The Morgan fingerprint density at radius 1 is 1.67 bits per heavy atom. The highest BCUT2D eigenvalue weighted by molar-refractivity contribution is 5.78. The standard InChI is InChI=1S/C9H17N5O/c1-3-4-10-5-8(15)13-7(2)9-11-6-12-14-9/h6-7,10H,3-5H2,1-2H3,(H,13,15)(H,11,12,14). The molecule has 0 bridgehead atoms. The lowest BCUT2D eigenvalue weighted by Gasteiger charge is -2.11. The Balaban J connectivity index is 2.26. The summed E-state index contributed by atoms with van der Waals surface area (Å²) >= 11 is 0. The van der Waals surface area contributed by atoms with Crippen molar-refractivity contribution in [3.05, 3.63) is 12.2 Å². The molecule has 1 unspecified atom stereocenters. The molecule has 1 atom stereocenters. The molecule has 84 valence electrons. The predicted octanol–water partition coefficient (Wildman–Crippen LogP) is -0.0185. The van der Waals surface area contributed by atoms with Crippen molar-refractivity contribution >= 4 is 5.91 Å². The van der Waals surface area contributed by atoms with Gasteiger partial charge in [-0.3, -0.25) is 9.89 Å². The zero-order chi connectivity index (χ0) is 11.1. The first-order valence-corrected chi connectivity index (χ1v) is 5.09. The van der Waals surface area contributed by atoms with Gasteiger partial charge in [-0.25, -0.2) is 4.98 Å². The van der Waals surface area contributed by atoms with E-state index in [0.717, 1.165) is 13.0 Å². The molecule has 0 radical (unpaired) electrons. The highest BCUT2D eigenvalue weighted by Gasteiger charge is 2.10. The first-order valence-electron chi connectivity index (χ1n) is 5.09. The summed E-state index contributed by atoms with van der Waals surface area (Å²) in [6.45, 7) is 5.11. The van der Waals surface area contributed by atoms with Crippen molar-refractivity contribution in [2.75, 3.05) is 13.1 Å². The van der Waals surface area contributed by atoms with Crippen LogP contribution in [-0.2, 0) is 4.79 Å². The van der Waals surface area contributed by atoms with Gasteiger partial charge in [0.25, 0.3) is 0 Å².